The molecule has 2 aromatic rings. The lowest BCUT2D eigenvalue weighted by atomic mass is 10.1. The molecule has 29 heavy (non-hydrogen) atoms. The summed E-state index contributed by atoms with van der Waals surface area (Å²) in [6.45, 7) is 5.25. The van der Waals surface area contributed by atoms with Crippen LogP contribution < -0.4 is 16.2 Å². The maximum absolute atomic E-state index is 12.6. The van der Waals surface area contributed by atoms with Crippen LogP contribution in [-0.2, 0) is 18.2 Å². The fourth-order valence-corrected chi connectivity index (χ4v) is 3.07. The fraction of sp³-hybridized carbons (Fsp3) is 0.429. The van der Waals surface area contributed by atoms with E-state index in [4.69, 9.17) is 27.9 Å². The first-order valence-corrected chi connectivity index (χ1v) is 10.3. The van der Waals surface area contributed by atoms with Crippen molar-refractivity contribution in [3.05, 3.63) is 62.0 Å². The van der Waals surface area contributed by atoms with Crippen LogP contribution >= 0.6 is 23.2 Å². The van der Waals surface area contributed by atoms with Crippen LogP contribution in [0.2, 0.25) is 10.0 Å². The summed E-state index contributed by atoms with van der Waals surface area (Å²) in [6, 6.07) is 7.14. The lowest BCUT2D eigenvalue weighted by Crippen LogP contribution is -2.31. The van der Waals surface area contributed by atoms with Gasteiger partial charge in [0.05, 0.1) is 28.3 Å². The normalized spacial score (nSPS) is 11.0. The first-order chi connectivity index (χ1) is 13.8. The maximum atomic E-state index is 12.6. The number of nitrogens with one attached hydrogen (secondary N) is 2. The number of carbonyl (C=O) groups excluding carboxylic acids is 1. The summed E-state index contributed by atoms with van der Waals surface area (Å²) in [5, 5.41) is 6.95. The molecule has 1 aromatic heterocycles. The molecule has 0 bridgehead atoms. The third-order valence-electron chi connectivity index (χ3n) is 4.28. The second-order valence-electron chi connectivity index (χ2n) is 6.97. The Morgan fingerprint density at radius 3 is 2.62 bits per heavy atom. The van der Waals surface area contributed by atoms with E-state index in [2.05, 4.69) is 10.6 Å². The third kappa shape index (κ3) is 7.07. The molecule has 1 heterocycles. The molecule has 0 saturated heterocycles. The number of nitrogens with zero attached hydrogens (tertiary/aromatic N) is 1. The van der Waals surface area contributed by atoms with Gasteiger partial charge in [-0.25, -0.2) is 0 Å². The fourth-order valence-electron chi connectivity index (χ4n) is 2.74. The summed E-state index contributed by atoms with van der Waals surface area (Å²) in [5.41, 5.74) is 1.41. The Balaban J connectivity index is 1.94. The van der Waals surface area contributed by atoms with E-state index in [1.54, 1.807) is 25.4 Å². The van der Waals surface area contributed by atoms with Gasteiger partial charge in [0.25, 0.3) is 11.5 Å². The van der Waals surface area contributed by atoms with E-state index < -0.39 is 0 Å². The van der Waals surface area contributed by atoms with E-state index in [-0.39, 0.29) is 23.3 Å². The number of ether oxygens (including phenoxy) is 1. The Morgan fingerprint density at radius 1 is 1.17 bits per heavy atom. The van der Waals surface area contributed by atoms with Gasteiger partial charge in [-0.2, -0.15) is 0 Å². The first-order valence-electron chi connectivity index (χ1n) is 9.57. The van der Waals surface area contributed by atoms with Gasteiger partial charge in [-0.3, -0.25) is 9.59 Å². The van der Waals surface area contributed by atoms with Crippen LogP contribution in [0.1, 0.15) is 36.2 Å². The van der Waals surface area contributed by atoms with Gasteiger partial charge < -0.3 is 19.9 Å². The minimum Gasteiger partial charge on any atom is -0.378 e. The molecule has 0 aliphatic carbocycles. The predicted molar refractivity (Wildman–Crippen MR) is 118 cm³/mol. The average molecular weight is 440 g/mol. The van der Waals surface area contributed by atoms with Crippen molar-refractivity contribution in [2.75, 3.05) is 25.0 Å². The number of halogens is 2. The monoisotopic (exact) mass is 439 g/mol. The van der Waals surface area contributed by atoms with Gasteiger partial charge in [0.2, 0.25) is 0 Å². The number of benzene rings is 1. The van der Waals surface area contributed by atoms with Crippen LogP contribution in [0.25, 0.3) is 0 Å². The molecule has 8 heteroatoms. The summed E-state index contributed by atoms with van der Waals surface area (Å²) < 4.78 is 6.92. The molecular weight excluding hydrogens is 413 g/mol. The predicted octanol–water partition coefficient (Wildman–Crippen LogP) is 3.89. The first kappa shape index (κ1) is 23.3. The zero-order valence-corrected chi connectivity index (χ0v) is 18.4. The number of anilines is 1. The molecule has 0 fully saturated rings. The Hall–Kier alpha value is -2.02. The highest BCUT2D eigenvalue weighted by atomic mass is 35.5. The van der Waals surface area contributed by atoms with Crippen molar-refractivity contribution < 1.29 is 9.53 Å². The molecule has 0 saturated carbocycles. The Morgan fingerprint density at radius 2 is 1.93 bits per heavy atom. The van der Waals surface area contributed by atoms with Crippen molar-refractivity contribution in [2.45, 2.75) is 32.8 Å². The van der Waals surface area contributed by atoms with E-state index in [9.17, 15) is 9.59 Å². The van der Waals surface area contributed by atoms with Crippen molar-refractivity contribution >= 4 is 34.8 Å². The molecule has 2 rings (SSSR count). The minimum absolute atomic E-state index is 0.105. The van der Waals surface area contributed by atoms with E-state index in [1.165, 1.54) is 4.57 Å². The van der Waals surface area contributed by atoms with Gasteiger partial charge >= 0.3 is 0 Å². The number of aromatic nitrogens is 1. The SMILES string of the molecule is CC(C)OCCNc1c(C(=O)NCCCc2ccc(Cl)c(Cl)c2)ccn(C)c1=O. The minimum atomic E-state index is -0.288. The molecule has 0 radical (unpaired) electrons. The highest BCUT2D eigenvalue weighted by Gasteiger charge is 2.15. The molecule has 0 aliphatic rings. The summed E-state index contributed by atoms with van der Waals surface area (Å²) >= 11 is 11.9. The molecule has 6 nitrogen and oxygen atoms in total. The number of aryl methyl sites for hydroxylation is 2. The van der Waals surface area contributed by atoms with Crippen molar-refractivity contribution in [3.63, 3.8) is 0 Å². The Kier molecular flexibility index (Phi) is 9.01. The highest BCUT2D eigenvalue weighted by Crippen LogP contribution is 2.23. The Labute approximate surface area is 181 Å². The van der Waals surface area contributed by atoms with Crippen molar-refractivity contribution in [2.24, 2.45) is 7.05 Å². The molecular formula is C21H27Cl2N3O3. The maximum Gasteiger partial charge on any atom is 0.274 e. The van der Waals surface area contributed by atoms with Crippen LogP contribution in [0.4, 0.5) is 5.69 Å². The smallest absolute Gasteiger partial charge is 0.274 e. The van der Waals surface area contributed by atoms with E-state index in [1.807, 2.05) is 26.0 Å². The number of pyridine rings is 1. The van der Waals surface area contributed by atoms with Gasteiger partial charge in [0.15, 0.2) is 0 Å². The second kappa shape index (κ2) is 11.2. The number of hydrogen-bond donors (Lipinski definition) is 2. The largest absolute Gasteiger partial charge is 0.378 e. The van der Waals surface area contributed by atoms with Crippen LogP contribution in [0, 0.1) is 0 Å². The Bertz CT molecular complexity index is 897. The number of carbonyl (C=O) groups is 1. The zero-order chi connectivity index (χ0) is 21.4. The number of amides is 1. The lowest BCUT2D eigenvalue weighted by Gasteiger charge is -2.14. The van der Waals surface area contributed by atoms with Crippen molar-refractivity contribution in [3.8, 4) is 0 Å². The van der Waals surface area contributed by atoms with E-state index in [0.717, 1.165) is 18.4 Å². The van der Waals surface area contributed by atoms with Crippen molar-refractivity contribution in [1.29, 1.82) is 0 Å². The number of rotatable bonds is 10. The van der Waals surface area contributed by atoms with E-state index >= 15 is 0 Å². The average Bonchev–Trinajstić information content (AvgIpc) is 2.67. The summed E-state index contributed by atoms with van der Waals surface area (Å²) in [5.74, 6) is -0.288. The topological polar surface area (TPSA) is 72.4 Å². The third-order valence-corrected chi connectivity index (χ3v) is 5.02. The van der Waals surface area contributed by atoms with Crippen LogP contribution in [-0.4, -0.2) is 36.3 Å². The van der Waals surface area contributed by atoms with Gasteiger partial charge in [0.1, 0.15) is 5.69 Å². The van der Waals surface area contributed by atoms with Crippen LogP contribution in [0.5, 0.6) is 0 Å². The van der Waals surface area contributed by atoms with Crippen molar-refractivity contribution in [1.82, 2.24) is 9.88 Å². The second-order valence-corrected chi connectivity index (χ2v) is 7.79. The summed E-state index contributed by atoms with van der Waals surface area (Å²) in [4.78, 5) is 25.1. The summed E-state index contributed by atoms with van der Waals surface area (Å²) in [7, 11) is 1.65. The molecule has 0 atom stereocenters. The van der Waals surface area contributed by atoms with Gasteiger partial charge in [-0.1, -0.05) is 29.3 Å². The van der Waals surface area contributed by atoms with Gasteiger partial charge in [-0.05, 0) is 50.5 Å². The van der Waals surface area contributed by atoms with E-state index in [0.29, 0.717) is 35.3 Å². The molecule has 158 valence electrons. The number of hydrogen-bond acceptors (Lipinski definition) is 4. The highest BCUT2D eigenvalue weighted by molar-refractivity contribution is 6.42. The molecule has 0 unspecified atom stereocenters. The quantitative estimate of drug-likeness (QED) is 0.550. The summed E-state index contributed by atoms with van der Waals surface area (Å²) in [6.07, 6.45) is 3.18. The molecule has 0 aliphatic heterocycles. The molecule has 0 spiro atoms. The van der Waals surface area contributed by atoms with Crippen LogP contribution in [0.15, 0.2) is 35.3 Å². The standard InChI is InChI=1S/C21H27Cl2N3O3/c1-14(2)29-12-10-24-19-16(8-11-26(3)21(19)28)20(27)25-9-4-5-15-6-7-17(22)18(23)13-15/h6-8,11,13-14,24H,4-5,9-10,12H2,1-3H3,(H,25,27). The zero-order valence-electron chi connectivity index (χ0n) is 16.9. The van der Waals surface area contributed by atoms with Crippen LogP contribution in [0.3, 0.4) is 0 Å². The van der Waals surface area contributed by atoms with Gasteiger partial charge in [-0.15, -0.1) is 0 Å². The van der Waals surface area contributed by atoms with Gasteiger partial charge in [0, 0.05) is 26.3 Å². The lowest BCUT2D eigenvalue weighted by molar-refractivity contribution is 0.0869. The molecule has 1 aromatic carbocycles. The molecule has 2 N–H and O–H groups in total. The molecule has 1 amide bonds.